The van der Waals surface area contributed by atoms with E-state index in [4.69, 9.17) is 4.74 Å². The molecular formula is C24H27NO3S. The first-order valence-corrected chi connectivity index (χ1v) is 10.9. The van der Waals surface area contributed by atoms with Crippen molar-refractivity contribution in [1.29, 1.82) is 0 Å². The van der Waals surface area contributed by atoms with E-state index in [1.807, 2.05) is 61.5 Å². The fourth-order valence-corrected chi connectivity index (χ4v) is 4.14. The average molecular weight is 410 g/mol. The van der Waals surface area contributed by atoms with Crippen LogP contribution in [0.5, 0.6) is 0 Å². The van der Waals surface area contributed by atoms with Gasteiger partial charge in [-0.15, -0.1) is 0 Å². The Morgan fingerprint density at radius 1 is 0.897 bits per heavy atom. The molecule has 2 aromatic carbocycles. The summed E-state index contributed by atoms with van der Waals surface area (Å²) in [6, 6.07) is 17.5. The summed E-state index contributed by atoms with van der Waals surface area (Å²) < 4.78 is 5.58. The standard InChI is InChI=1S/C24H27NO3S/c1-3-4-16-28-17-8-15-25-23(26)21(19-13-11-18(2)12-14-19)22(24(25)27)29-20-9-6-5-7-10-20/h5-7,9-14H,3-4,8,15-17H2,1-2H3. The van der Waals surface area contributed by atoms with Crippen LogP contribution in [0.25, 0.3) is 5.57 Å². The van der Waals surface area contributed by atoms with E-state index in [-0.39, 0.29) is 11.8 Å². The number of benzene rings is 2. The van der Waals surface area contributed by atoms with Crippen molar-refractivity contribution in [3.8, 4) is 0 Å². The topological polar surface area (TPSA) is 46.6 Å². The lowest BCUT2D eigenvalue weighted by Crippen LogP contribution is -2.33. The number of rotatable bonds is 10. The predicted octanol–water partition coefficient (Wildman–Crippen LogP) is 5.07. The van der Waals surface area contributed by atoms with Crippen LogP contribution in [-0.2, 0) is 14.3 Å². The second-order valence-corrected chi connectivity index (χ2v) is 8.15. The van der Waals surface area contributed by atoms with Gasteiger partial charge in [0.15, 0.2) is 0 Å². The number of ether oxygens (including phenoxy) is 1. The number of unbranched alkanes of at least 4 members (excludes halogenated alkanes) is 1. The van der Waals surface area contributed by atoms with Crippen LogP contribution in [0.2, 0.25) is 0 Å². The highest BCUT2D eigenvalue weighted by Crippen LogP contribution is 2.39. The van der Waals surface area contributed by atoms with Crippen LogP contribution in [0.1, 0.15) is 37.3 Å². The zero-order valence-electron chi connectivity index (χ0n) is 17.0. The van der Waals surface area contributed by atoms with E-state index in [0.717, 1.165) is 35.5 Å². The smallest absolute Gasteiger partial charge is 0.268 e. The zero-order chi connectivity index (χ0) is 20.6. The Balaban J connectivity index is 1.80. The van der Waals surface area contributed by atoms with E-state index in [9.17, 15) is 9.59 Å². The summed E-state index contributed by atoms with van der Waals surface area (Å²) in [5.74, 6) is -0.432. The molecule has 0 aliphatic carbocycles. The van der Waals surface area contributed by atoms with Gasteiger partial charge in [0.05, 0.1) is 10.5 Å². The quantitative estimate of drug-likeness (QED) is 0.406. The van der Waals surface area contributed by atoms with Crippen LogP contribution in [0.15, 0.2) is 64.4 Å². The van der Waals surface area contributed by atoms with E-state index in [0.29, 0.717) is 30.1 Å². The number of amides is 2. The van der Waals surface area contributed by atoms with Crippen molar-refractivity contribution >= 4 is 29.1 Å². The number of nitrogens with zero attached hydrogens (tertiary/aromatic N) is 1. The molecule has 0 saturated heterocycles. The summed E-state index contributed by atoms with van der Waals surface area (Å²) in [6.45, 7) is 5.77. The van der Waals surface area contributed by atoms with Crippen LogP contribution in [-0.4, -0.2) is 36.5 Å². The minimum Gasteiger partial charge on any atom is -0.381 e. The number of aryl methyl sites for hydroxylation is 1. The SMILES string of the molecule is CCCCOCCCN1C(=O)C(Sc2ccccc2)=C(c2ccc(C)cc2)C1=O. The van der Waals surface area contributed by atoms with E-state index in [1.54, 1.807) is 0 Å². The van der Waals surface area contributed by atoms with E-state index in [1.165, 1.54) is 16.7 Å². The maximum Gasteiger partial charge on any atom is 0.268 e. The van der Waals surface area contributed by atoms with Crippen molar-refractivity contribution in [2.75, 3.05) is 19.8 Å². The molecule has 1 aliphatic heterocycles. The molecule has 0 radical (unpaired) electrons. The number of carbonyl (C=O) groups excluding carboxylic acids is 2. The Kier molecular flexibility index (Phi) is 7.67. The van der Waals surface area contributed by atoms with Crippen molar-refractivity contribution < 1.29 is 14.3 Å². The molecule has 0 spiro atoms. The highest BCUT2D eigenvalue weighted by atomic mass is 32.2. The van der Waals surface area contributed by atoms with Crippen LogP contribution in [0.3, 0.4) is 0 Å². The first-order chi connectivity index (χ1) is 14.1. The van der Waals surface area contributed by atoms with Crippen molar-refractivity contribution in [3.63, 3.8) is 0 Å². The van der Waals surface area contributed by atoms with Crippen LogP contribution in [0, 0.1) is 6.92 Å². The van der Waals surface area contributed by atoms with Gasteiger partial charge >= 0.3 is 0 Å². The molecule has 1 heterocycles. The van der Waals surface area contributed by atoms with Gasteiger partial charge in [0, 0.05) is 24.7 Å². The lowest BCUT2D eigenvalue weighted by Gasteiger charge is -2.15. The van der Waals surface area contributed by atoms with Crippen LogP contribution in [0.4, 0.5) is 0 Å². The van der Waals surface area contributed by atoms with Gasteiger partial charge in [-0.3, -0.25) is 14.5 Å². The number of imide groups is 1. The summed E-state index contributed by atoms with van der Waals surface area (Å²) in [5.41, 5.74) is 2.40. The van der Waals surface area contributed by atoms with E-state index < -0.39 is 0 Å². The molecule has 1 aliphatic rings. The summed E-state index contributed by atoms with van der Waals surface area (Å²) >= 11 is 1.36. The lowest BCUT2D eigenvalue weighted by molar-refractivity contribution is -0.136. The highest BCUT2D eigenvalue weighted by molar-refractivity contribution is 8.04. The highest BCUT2D eigenvalue weighted by Gasteiger charge is 2.39. The second-order valence-electron chi connectivity index (χ2n) is 7.07. The van der Waals surface area contributed by atoms with Gasteiger partial charge in [0.1, 0.15) is 0 Å². The third-order valence-corrected chi connectivity index (χ3v) is 5.83. The van der Waals surface area contributed by atoms with Gasteiger partial charge in [0.2, 0.25) is 0 Å². The summed E-state index contributed by atoms with van der Waals surface area (Å²) in [6.07, 6.45) is 2.76. The van der Waals surface area contributed by atoms with Crippen LogP contribution < -0.4 is 0 Å². The Morgan fingerprint density at radius 2 is 1.59 bits per heavy atom. The third-order valence-electron chi connectivity index (χ3n) is 4.74. The number of hydrogen-bond acceptors (Lipinski definition) is 4. The maximum atomic E-state index is 13.2. The Hall–Kier alpha value is -2.37. The normalized spacial score (nSPS) is 14.2. The largest absolute Gasteiger partial charge is 0.381 e. The fraction of sp³-hybridized carbons (Fsp3) is 0.333. The molecule has 0 aromatic heterocycles. The molecule has 0 saturated carbocycles. The van der Waals surface area contributed by atoms with Gasteiger partial charge in [0.25, 0.3) is 11.8 Å². The summed E-state index contributed by atoms with van der Waals surface area (Å²) in [4.78, 5) is 29.1. The number of thioether (sulfide) groups is 1. The Labute approximate surface area is 176 Å². The van der Waals surface area contributed by atoms with Crippen molar-refractivity contribution in [2.24, 2.45) is 0 Å². The second kappa shape index (κ2) is 10.4. The summed E-state index contributed by atoms with van der Waals surface area (Å²) in [5, 5.41) is 0. The first-order valence-electron chi connectivity index (χ1n) is 10.1. The molecule has 0 atom stereocenters. The molecule has 4 nitrogen and oxygen atoms in total. The molecule has 2 aromatic rings. The Morgan fingerprint density at radius 3 is 2.28 bits per heavy atom. The van der Waals surface area contributed by atoms with Gasteiger partial charge in [-0.2, -0.15) is 0 Å². The first kappa shape index (κ1) is 21.3. The van der Waals surface area contributed by atoms with Gasteiger partial charge in [-0.05, 0) is 37.5 Å². The van der Waals surface area contributed by atoms with E-state index in [2.05, 4.69) is 6.92 Å². The molecule has 0 bridgehead atoms. The molecule has 3 rings (SSSR count). The van der Waals surface area contributed by atoms with Gasteiger partial charge in [-0.25, -0.2) is 0 Å². The monoisotopic (exact) mass is 409 g/mol. The molecule has 29 heavy (non-hydrogen) atoms. The minimum absolute atomic E-state index is 0.215. The molecular weight excluding hydrogens is 382 g/mol. The van der Waals surface area contributed by atoms with E-state index >= 15 is 0 Å². The van der Waals surface area contributed by atoms with Crippen molar-refractivity contribution in [3.05, 3.63) is 70.6 Å². The number of carbonyl (C=O) groups is 2. The zero-order valence-corrected chi connectivity index (χ0v) is 17.8. The van der Waals surface area contributed by atoms with Crippen molar-refractivity contribution in [2.45, 2.75) is 38.0 Å². The fourth-order valence-electron chi connectivity index (χ4n) is 3.11. The summed E-state index contributed by atoms with van der Waals surface area (Å²) in [7, 11) is 0. The number of hydrogen-bond donors (Lipinski definition) is 0. The van der Waals surface area contributed by atoms with Crippen molar-refractivity contribution in [1.82, 2.24) is 4.90 Å². The molecule has 0 unspecified atom stereocenters. The predicted molar refractivity (Wildman–Crippen MR) is 117 cm³/mol. The van der Waals surface area contributed by atoms with Gasteiger partial charge in [-0.1, -0.05) is 73.1 Å². The third kappa shape index (κ3) is 5.37. The molecule has 5 heteroatoms. The minimum atomic E-state index is -0.217. The molecule has 152 valence electrons. The maximum absolute atomic E-state index is 13.2. The molecule has 0 fully saturated rings. The van der Waals surface area contributed by atoms with Gasteiger partial charge < -0.3 is 4.74 Å². The Bertz CT molecular complexity index is 875. The lowest BCUT2D eigenvalue weighted by atomic mass is 10.0. The molecule has 0 N–H and O–H groups in total. The molecule has 2 amide bonds. The van der Waals surface area contributed by atoms with Crippen LogP contribution >= 0.6 is 11.8 Å². The average Bonchev–Trinajstić information content (AvgIpc) is 2.96.